The number of alkyl halides is 3. The van der Waals surface area contributed by atoms with E-state index in [0.29, 0.717) is 11.7 Å². The highest BCUT2D eigenvalue weighted by atomic mass is 19.4. The summed E-state index contributed by atoms with van der Waals surface area (Å²) in [7, 11) is 0. The molecule has 0 saturated carbocycles. The second-order valence-corrected chi connectivity index (χ2v) is 5.55. The second kappa shape index (κ2) is 6.13. The predicted molar refractivity (Wildman–Crippen MR) is 79.4 cm³/mol. The molecule has 1 aromatic carbocycles. The van der Waals surface area contributed by atoms with E-state index >= 15 is 0 Å². The maximum atomic E-state index is 12.9. The van der Waals surface area contributed by atoms with Crippen LogP contribution in [0.1, 0.15) is 25.8 Å². The average Bonchev–Trinajstić information content (AvgIpc) is 2.46. The van der Waals surface area contributed by atoms with Crippen molar-refractivity contribution < 1.29 is 13.2 Å². The summed E-state index contributed by atoms with van der Waals surface area (Å²) in [4.78, 5) is 4.37. The lowest BCUT2D eigenvalue weighted by atomic mass is 10.1. The molecule has 21 heavy (non-hydrogen) atoms. The van der Waals surface area contributed by atoms with Crippen LogP contribution in [0.3, 0.4) is 0 Å². The Morgan fingerprint density at radius 2 is 1.81 bits per heavy atom. The zero-order chi connectivity index (χ0) is 15.6. The summed E-state index contributed by atoms with van der Waals surface area (Å²) in [6.07, 6.45) is -3.32. The molecule has 1 fully saturated rings. The number of nitrogens with two attached hydrogens (primary N) is 1. The fraction of sp³-hybridized carbons (Fsp3) is 0.600. The largest absolute Gasteiger partial charge is 0.418 e. The number of hydrogen-bond acceptors (Lipinski definition) is 3. The van der Waals surface area contributed by atoms with Gasteiger partial charge in [0.2, 0.25) is 0 Å². The molecular weight excluding hydrogens is 279 g/mol. The van der Waals surface area contributed by atoms with Gasteiger partial charge < -0.3 is 10.6 Å². The van der Waals surface area contributed by atoms with E-state index in [1.54, 1.807) is 6.07 Å². The van der Waals surface area contributed by atoms with E-state index in [9.17, 15) is 13.2 Å². The van der Waals surface area contributed by atoms with Crippen LogP contribution < -0.4 is 10.6 Å². The molecule has 0 aliphatic carbocycles. The van der Waals surface area contributed by atoms with E-state index in [2.05, 4.69) is 18.7 Å². The fourth-order valence-electron chi connectivity index (χ4n) is 2.67. The third-order valence-electron chi connectivity index (χ3n) is 4.24. The van der Waals surface area contributed by atoms with Crippen LogP contribution in [-0.4, -0.2) is 37.1 Å². The fourth-order valence-corrected chi connectivity index (χ4v) is 2.67. The molecule has 0 radical (unpaired) electrons. The minimum absolute atomic E-state index is 0.218. The first kappa shape index (κ1) is 15.9. The molecule has 1 aliphatic rings. The van der Waals surface area contributed by atoms with Crippen molar-refractivity contribution in [2.45, 2.75) is 32.5 Å². The Balaban J connectivity index is 2.11. The summed E-state index contributed by atoms with van der Waals surface area (Å²) in [6.45, 7) is 7.56. The maximum absolute atomic E-state index is 12.9. The van der Waals surface area contributed by atoms with Crippen LogP contribution >= 0.6 is 0 Å². The summed E-state index contributed by atoms with van der Waals surface area (Å²) in [6, 6.07) is 4.70. The van der Waals surface area contributed by atoms with Gasteiger partial charge in [-0.05, 0) is 31.5 Å². The van der Waals surface area contributed by atoms with Crippen molar-refractivity contribution in [2.75, 3.05) is 36.8 Å². The van der Waals surface area contributed by atoms with E-state index < -0.39 is 11.7 Å². The summed E-state index contributed by atoms with van der Waals surface area (Å²) in [5.41, 5.74) is 5.07. The van der Waals surface area contributed by atoms with Gasteiger partial charge in [-0.1, -0.05) is 6.92 Å². The van der Waals surface area contributed by atoms with Crippen molar-refractivity contribution >= 4 is 11.4 Å². The Morgan fingerprint density at radius 3 is 2.33 bits per heavy atom. The number of hydrogen-bond donors (Lipinski definition) is 1. The van der Waals surface area contributed by atoms with E-state index in [1.165, 1.54) is 6.07 Å². The SMILES string of the molecule is CCC(C)N1CCN(c2ccc(N)c(C(F)(F)F)c2)CC1. The topological polar surface area (TPSA) is 32.5 Å². The van der Waals surface area contributed by atoms with Crippen LogP contribution in [0.25, 0.3) is 0 Å². The molecule has 0 spiro atoms. The van der Waals surface area contributed by atoms with Gasteiger partial charge in [-0.25, -0.2) is 0 Å². The smallest absolute Gasteiger partial charge is 0.398 e. The number of benzene rings is 1. The maximum Gasteiger partial charge on any atom is 0.418 e. The predicted octanol–water partition coefficient (Wildman–Crippen LogP) is 3.21. The quantitative estimate of drug-likeness (QED) is 0.870. The summed E-state index contributed by atoms with van der Waals surface area (Å²) in [5, 5.41) is 0. The van der Waals surface area contributed by atoms with Crippen LogP contribution in [0.15, 0.2) is 18.2 Å². The molecule has 1 saturated heterocycles. The summed E-state index contributed by atoms with van der Waals surface area (Å²) in [5.74, 6) is 0. The second-order valence-electron chi connectivity index (χ2n) is 5.55. The van der Waals surface area contributed by atoms with Crippen LogP contribution in [-0.2, 0) is 6.18 Å². The van der Waals surface area contributed by atoms with Crippen molar-refractivity contribution in [2.24, 2.45) is 0 Å². The highest BCUT2D eigenvalue weighted by molar-refractivity contribution is 5.59. The third-order valence-corrected chi connectivity index (χ3v) is 4.24. The van der Waals surface area contributed by atoms with E-state index in [4.69, 9.17) is 5.73 Å². The lowest BCUT2D eigenvalue weighted by molar-refractivity contribution is -0.136. The summed E-state index contributed by atoms with van der Waals surface area (Å²) < 4.78 is 38.7. The van der Waals surface area contributed by atoms with Crippen molar-refractivity contribution in [3.63, 3.8) is 0 Å². The molecule has 6 heteroatoms. The van der Waals surface area contributed by atoms with Crippen LogP contribution in [0, 0.1) is 0 Å². The number of anilines is 2. The van der Waals surface area contributed by atoms with Gasteiger partial charge in [0.1, 0.15) is 0 Å². The van der Waals surface area contributed by atoms with Gasteiger partial charge in [0, 0.05) is 43.6 Å². The van der Waals surface area contributed by atoms with Crippen LogP contribution in [0.5, 0.6) is 0 Å². The van der Waals surface area contributed by atoms with Crippen molar-refractivity contribution in [1.29, 1.82) is 0 Å². The number of halogens is 3. The summed E-state index contributed by atoms with van der Waals surface area (Å²) >= 11 is 0. The first-order valence-corrected chi connectivity index (χ1v) is 7.28. The Hall–Kier alpha value is -1.43. The molecule has 1 aliphatic heterocycles. The van der Waals surface area contributed by atoms with Gasteiger partial charge in [-0.3, -0.25) is 4.90 Å². The number of piperazine rings is 1. The average molecular weight is 301 g/mol. The monoisotopic (exact) mass is 301 g/mol. The lowest BCUT2D eigenvalue weighted by Crippen LogP contribution is -2.49. The molecule has 0 aromatic heterocycles. The molecule has 1 atom stereocenters. The molecule has 118 valence electrons. The molecule has 0 bridgehead atoms. The van der Waals surface area contributed by atoms with Gasteiger partial charge in [0.05, 0.1) is 5.56 Å². The van der Waals surface area contributed by atoms with Gasteiger partial charge in [0.25, 0.3) is 0 Å². The zero-order valence-electron chi connectivity index (χ0n) is 12.5. The molecule has 0 amide bonds. The molecule has 2 rings (SSSR count). The van der Waals surface area contributed by atoms with Gasteiger partial charge >= 0.3 is 6.18 Å². The number of rotatable bonds is 3. The Morgan fingerprint density at radius 1 is 1.19 bits per heavy atom. The molecule has 1 heterocycles. The van der Waals surface area contributed by atoms with Crippen molar-refractivity contribution in [1.82, 2.24) is 4.90 Å². The standard InChI is InChI=1S/C15H22F3N3/c1-3-11(2)20-6-8-21(9-7-20)12-4-5-14(19)13(10-12)15(16,17)18/h4-5,10-11H,3,6-9,19H2,1-2H3. The normalized spacial score (nSPS) is 18.8. The van der Waals surface area contributed by atoms with Gasteiger partial charge in [0.15, 0.2) is 0 Å². The van der Waals surface area contributed by atoms with Crippen LogP contribution in [0.2, 0.25) is 0 Å². The first-order valence-electron chi connectivity index (χ1n) is 7.28. The Bertz CT molecular complexity index is 480. The van der Waals surface area contributed by atoms with Gasteiger partial charge in [-0.2, -0.15) is 13.2 Å². The molecule has 1 unspecified atom stereocenters. The lowest BCUT2D eigenvalue weighted by Gasteiger charge is -2.39. The highest BCUT2D eigenvalue weighted by Gasteiger charge is 2.33. The van der Waals surface area contributed by atoms with E-state index in [-0.39, 0.29) is 5.69 Å². The van der Waals surface area contributed by atoms with Gasteiger partial charge in [-0.15, -0.1) is 0 Å². The van der Waals surface area contributed by atoms with Crippen molar-refractivity contribution in [3.8, 4) is 0 Å². The first-order chi connectivity index (χ1) is 9.82. The van der Waals surface area contributed by atoms with E-state index in [1.807, 2.05) is 4.90 Å². The third kappa shape index (κ3) is 3.61. The number of nitrogen functional groups attached to an aromatic ring is 1. The van der Waals surface area contributed by atoms with Crippen LogP contribution in [0.4, 0.5) is 24.5 Å². The zero-order valence-corrected chi connectivity index (χ0v) is 12.5. The minimum Gasteiger partial charge on any atom is -0.398 e. The molecule has 2 N–H and O–H groups in total. The van der Waals surface area contributed by atoms with E-state index in [0.717, 1.165) is 38.7 Å². The number of nitrogens with zero attached hydrogens (tertiary/aromatic N) is 2. The highest BCUT2D eigenvalue weighted by Crippen LogP contribution is 2.36. The molecular formula is C15H22F3N3. The minimum atomic E-state index is -4.40. The molecule has 3 nitrogen and oxygen atoms in total. The Kier molecular flexibility index (Phi) is 4.66. The Labute approximate surface area is 123 Å². The molecule has 1 aromatic rings. The van der Waals surface area contributed by atoms with Crippen molar-refractivity contribution in [3.05, 3.63) is 23.8 Å².